The minimum absolute atomic E-state index is 0.344. The topological polar surface area (TPSA) is 111 Å². The largest absolute Gasteiger partial charge is 0.497 e. The van der Waals surface area contributed by atoms with Gasteiger partial charge in [-0.1, -0.05) is 45.3 Å². The zero-order valence-electron chi connectivity index (χ0n) is 15.1. The zero-order valence-corrected chi connectivity index (χ0v) is 16.7. The summed E-state index contributed by atoms with van der Waals surface area (Å²) in [6, 6.07) is 14.9. The summed E-state index contributed by atoms with van der Waals surface area (Å²) in [4.78, 5) is 12.6. The van der Waals surface area contributed by atoms with Crippen molar-refractivity contribution >= 4 is 27.6 Å². The van der Waals surface area contributed by atoms with Gasteiger partial charge < -0.3 is 10.1 Å². The summed E-state index contributed by atoms with van der Waals surface area (Å²) in [7, 11) is 1.61. The number of nitrogens with one attached hydrogen (secondary N) is 2. The molecule has 2 aromatic carbocycles. The number of hydrogen-bond acceptors (Lipinski definition) is 7. The Morgan fingerprint density at radius 2 is 2.00 bits per heavy atom. The lowest BCUT2D eigenvalue weighted by Gasteiger charge is -2.27. The lowest BCUT2D eigenvalue weighted by Crippen LogP contribution is -2.29. The van der Waals surface area contributed by atoms with Crippen LogP contribution in [-0.4, -0.2) is 37.5 Å². The summed E-state index contributed by atoms with van der Waals surface area (Å²) in [6.45, 7) is 0. The van der Waals surface area contributed by atoms with E-state index in [1.165, 1.54) is 0 Å². The number of benzene rings is 2. The molecule has 0 spiro atoms. The number of aromatic nitrogens is 6. The second-order valence-corrected chi connectivity index (χ2v) is 7.36. The number of hydrogen-bond donors (Lipinski definition) is 2. The molecule has 10 heteroatoms. The number of aromatic amines is 1. The highest BCUT2D eigenvalue weighted by Crippen LogP contribution is 2.41. The van der Waals surface area contributed by atoms with E-state index in [0.717, 1.165) is 15.6 Å². The normalized spacial score (nSPS) is 14.6. The molecular weight excluding hydrogens is 438 g/mol. The first-order valence-electron chi connectivity index (χ1n) is 8.73. The van der Waals surface area contributed by atoms with Gasteiger partial charge in [0.1, 0.15) is 17.5 Å². The predicted molar refractivity (Wildman–Crippen MR) is 109 cm³/mol. The fourth-order valence-electron chi connectivity index (χ4n) is 3.48. The molecule has 0 fully saturated rings. The number of methoxy groups -OCH3 is 1. The maximum absolute atomic E-state index is 12.6. The highest BCUT2D eigenvalue weighted by molar-refractivity contribution is 9.10. The number of fused-ring (bicyclic) bond motifs is 2. The van der Waals surface area contributed by atoms with Crippen molar-refractivity contribution in [2.75, 3.05) is 12.4 Å². The summed E-state index contributed by atoms with van der Waals surface area (Å²) in [5.41, 5.74) is 3.04. The van der Waals surface area contributed by atoms with Gasteiger partial charge in [-0.15, -0.1) is 0 Å². The van der Waals surface area contributed by atoms with Crippen molar-refractivity contribution in [2.24, 2.45) is 0 Å². The third kappa shape index (κ3) is 2.88. The van der Waals surface area contributed by atoms with Crippen LogP contribution in [0.25, 0.3) is 11.3 Å². The molecule has 2 aromatic heterocycles. The average molecular weight is 452 g/mol. The van der Waals surface area contributed by atoms with Crippen molar-refractivity contribution < 1.29 is 4.74 Å². The van der Waals surface area contributed by atoms with Gasteiger partial charge >= 0.3 is 0 Å². The van der Waals surface area contributed by atoms with Crippen molar-refractivity contribution in [3.63, 3.8) is 0 Å². The summed E-state index contributed by atoms with van der Waals surface area (Å²) >= 11 is 3.46. The number of H-pyrrole nitrogens is 1. The molecule has 1 aliphatic rings. The summed E-state index contributed by atoms with van der Waals surface area (Å²) < 4.78 is 7.95. The fraction of sp³-hybridized carbons (Fsp3) is 0.105. The molecule has 3 heterocycles. The average Bonchev–Trinajstić information content (AvgIpc) is 3.22. The molecule has 1 atom stereocenters. The molecule has 0 amide bonds. The Hall–Kier alpha value is -3.53. The Morgan fingerprint density at radius 1 is 1.17 bits per heavy atom. The second kappa shape index (κ2) is 6.82. The van der Waals surface area contributed by atoms with Crippen molar-refractivity contribution in [3.05, 3.63) is 74.5 Å². The Kier molecular flexibility index (Phi) is 4.13. The van der Waals surface area contributed by atoms with Crippen LogP contribution in [0.1, 0.15) is 17.2 Å². The van der Waals surface area contributed by atoms with E-state index in [-0.39, 0.29) is 5.56 Å². The molecule has 144 valence electrons. The maximum atomic E-state index is 12.6. The molecule has 0 saturated carbocycles. The lowest BCUT2D eigenvalue weighted by molar-refractivity contribution is 0.415. The van der Waals surface area contributed by atoms with Gasteiger partial charge in [0.05, 0.1) is 12.8 Å². The molecule has 29 heavy (non-hydrogen) atoms. The van der Waals surface area contributed by atoms with Crippen LogP contribution in [0, 0.1) is 0 Å². The minimum Gasteiger partial charge on any atom is -0.497 e. The van der Waals surface area contributed by atoms with E-state index in [0.29, 0.717) is 28.6 Å². The quantitative estimate of drug-likeness (QED) is 0.433. The second-order valence-electron chi connectivity index (χ2n) is 6.45. The van der Waals surface area contributed by atoms with E-state index < -0.39 is 6.04 Å². The molecule has 5 rings (SSSR count). The SMILES string of the molecule is COc1cccc(-c2n[nH]c(=O)c3c2[C@H](c2ccc(Br)cc2)n2nnnc2N3)c1. The van der Waals surface area contributed by atoms with E-state index >= 15 is 0 Å². The van der Waals surface area contributed by atoms with Crippen LogP contribution >= 0.6 is 15.9 Å². The molecule has 0 radical (unpaired) electrons. The maximum Gasteiger partial charge on any atom is 0.288 e. The summed E-state index contributed by atoms with van der Waals surface area (Å²) in [5.74, 6) is 1.08. The smallest absolute Gasteiger partial charge is 0.288 e. The van der Waals surface area contributed by atoms with Crippen LogP contribution in [0.5, 0.6) is 5.75 Å². The predicted octanol–water partition coefficient (Wildman–Crippen LogP) is 2.89. The van der Waals surface area contributed by atoms with Gasteiger partial charge in [-0.2, -0.15) is 9.78 Å². The van der Waals surface area contributed by atoms with Crippen LogP contribution in [0.3, 0.4) is 0 Å². The van der Waals surface area contributed by atoms with Crippen molar-refractivity contribution in [1.82, 2.24) is 30.4 Å². The molecule has 0 saturated heterocycles. The van der Waals surface area contributed by atoms with Crippen LogP contribution in [-0.2, 0) is 0 Å². The molecular formula is C19H14BrN7O2. The van der Waals surface area contributed by atoms with E-state index in [4.69, 9.17) is 4.74 Å². The molecule has 0 aliphatic carbocycles. The number of tetrazole rings is 1. The van der Waals surface area contributed by atoms with Crippen molar-refractivity contribution in [2.45, 2.75) is 6.04 Å². The van der Waals surface area contributed by atoms with Crippen LogP contribution in [0.2, 0.25) is 0 Å². The number of halogens is 1. The molecule has 4 aromatic rings. The van der Waals surface area contributed by atoms with Crippen LogP contribution in [0.15, 0.2) is 57.8 Å². The first kappa shape index (κ1) is 17.6. The van der Waals surface area contributed by atoms with Gasteiger partial charge in [0.15, 0.2) is 0 Å². The third-order valence-corrected chi connectivity index (χ3v) is 5.33. The summed E-state index contributed by atoms with van der Waals surface area (Å²) in [5, 5.41) is 21.9. The van der Waals surface area contributed by atoms with E-state index in [1.807, 2.05) is 48.5 Å². The Balaban J connectivity index is 1.80. The third-order valence-electron chi connectivity index (χ3n) is 4.80. The summed E-state index contributed by atoms with van der Waals surface area (Å²) in [6.07, 6.45) is 0. The highest BCUT2D eigenvalue weighted by atomic mass is 79.9. The number of ether oxygens (including phenoxy) is 1. The monoisotopic (exact) mass is 451 g/mol. The molecule has 9 nitrogen and oxygen atoms in total. The standard InChI is InChI=1S/C19H14BrN7O2/c1-29-13-4-2-3-11(9-13)15-14-16(18(28)23-22-15)21-19-24-25-26-27(19)17(14)10-5-7-12(20)8-6-10/h2-9,17H,1H3,(H,23,28)(H,21,24,26)/t17-/m0/s1. The highest BCUT2D eigenvalue weighted by Gasteiger charge is 2.34. The van der Waals surface area contributed by atoms with Gasteiger partial charge in [0.2, 0.25) is 5.95 Å². The van der Waals surface area contributed by atoms with Gasteiger partial charge in [0.25, 0.3) is 5.56 Å². The van der Waals surface area contributed by atoms with Crippen LogP contribution in [0.4, 0.5) is 11.6 Å². The van der Waals surface area contributed by atoms with Gasteiger partial charge in [-0.05, 0) is 40.3 Å². The number of anilines is 2. The first-order chi connectivity index (χ1) is 14.2. The fourth-order valence-corrected chi connectivity index (χ4v) is 3.75. The lowest BCUT2D eigenvalue weighted by atomic mass is 9.92. The van der Waals surface area contributed by atoms with Gasteiger partial charge in [0, 0.05) is 15.6 Å². The zero-order chi connectivity index (χ0) is 20.0. The Morgan fingerprint density at radius 3 is 2.79 bits per heavy atom. The number of nitrogens with zero attached hydrogens (tertiary/aromatic N) is 5. The Labute approximate surface area is 172 Å². The molecule has 2 N–H and O–H groups in total. The van der Waals surface area contributed by atoms with Gasteiger partial charge in [-0.3, -0.25) is 4.79 Å². The van der Waals surface area contributed by atoms with E-state index in [2.05, 4.69) is 47.0 Å². The Bertz CT molecular complexity index is 1270. The van der Waals surface area contributed by atoms with Gasteiger partial charge in [-0.25, -0.2) is 5.10 Å². The molecule has 0 bridgehead atoms. The minimum atomic E-state index is -0.430. The first-order valence-corrected chi connectivity index (χ1v) is 9.52. The van der Waals surface area contributed by atoms with Crippen molar-refractivity contribution in [1.29, 1.82) is 0 Å². The van der Waals surface area contributed by atoms with Crippen LogP contribution < -0.4 is 15.6 Å². The van der Waals surface area contributed by atoms with E-state index in [1.54, 1.807) is 11.8 Å². The number of rotatable bonds is 3. The molecule has 0 unspecified atom stereocenters. The van der Waals surface area contributed by atoms with E-state index in [9.17, 15) is 4.79 Å². The van der Waals surface area contributed by atoms with Crippen molar-refractivity contribution in [3.8, 4) is 17.0 Å². The molecule has 1 aliphatic heterocycles.